The fourth-order valence-corrected chi connectivity index (χ4v) is 3.64. The van der Waals surface area contributed by atoms with Crippen LogP contribution in [0, 0.1) is 17.3 Å². The first kappa shape index (κ1) is 12.9. The van der Waals surface area contributed by atoms with Crippen LogP contribution in [0.5, 0.6) is 0 Å². The van der Waals surface area contributed by atoms with Crippen LogP contribution in [0.25, 0.3) is 0 Å². The van der Waals surface area contributed by atoms with Crippen LogP contribution in [0.1, 0.15) is 46.0 Å². The lowest BCUT2D eigenvalue weighted by Gasteiger charge is -2.43. The molecule has 1 aliphatic carbocycles. The molecule has 0 spiro atoms. The summed E-state index contributed by atoms with van der Waals surface area (Å²) in [5.74, 6) is 2.09. The van der Waals surface area contributed by atoms with Gasteiger partial charge in [-0.25, -0.2) is 0 Å². The minimum atomic E-state index is 0.432. The van der Waals surface area contributed by atoms with Crippen molar-refractivity contribution >= 4 is 15.9 Å². The Morgan fingerprint density at radius 3 is 2.50 bits per heavy atom. The number of fused-ring (bicyclic) bond motifs is 1. The molecule has 2 rings (SSSR count). The molecule has 94 valence electrons. The number of piperidine rings is 1. The van der Waals surface area contributed by atoms with E-state index in [1.807, 2.05) is 0 Å². The monoisotopic (exact) mass is 287 g/mol. The van der Waals surface area contributed by atoms with E-state index >= 15 is 0 Å². The summed E-state index contributed by atoms with van der Waals surface area (Å²) >= 11 is 3.64. The molecular formula is C14H26BrN. The van der Waals surface area contributed by atoms with Crippen LogP contribution in [-0.2, 0) is 0 Å². The summed E-state index contributed by atoms with van der Waals surface area (Å²) in [7, 11) is 0. The predicted octanol–water partition coefficient (Wildman–Crippen LogP) is 3.92. The van der Waals surface area contributed by atoms with Crippen LogP contribution in [0.4, 0.5) is 0 Å². The maximum atomic E-state index is 3.64. The van der Waals surface area contributed by atoms with Crippen molar-refractivity contribution in [3.8, 4) is 0 Å². The van der Waals surface area contributed by atoms with Gasteiger partial charge in [0, 0.05) is 18.4 Å². The highest BCUT2D eigenvalue weighted by molar-refractivity contribution is 9.09. The number of rotatable bonds is 3. The van der Waals surface area contributed by atoms with Gasteiger partial charge in [0.2, 0.25) is 0 Å². The normalized spacial score (nSPS) is 32.4. The molecule has 1 nitrogen and oxygen atoms in total. The zero-order valence-electron chi connectivity index (χ0n) is 10.8. The molecule has 2 atom stereocenters. The van der Waals surface area contributed by atoms with Gasteiger partial charge < -0.3 is 4.90 Å². The lowest BCUT2D eigenvalue weighted by molar-refractivity contribution is 0.0655. The van der Waals surface area contributed by atoms with E-state index in [0.717, 1.165) is 17.2 Å². The average molecular weight is 288 g/mol. The van der Waals surface area contributed by atoms with Crippen molar-refractivity contribution in [3.63, 3.8) is 0 Å². The summed E-state index contributed by atoms with van der Waals surface area (Å²) in [5, 5.41) is 1.12. The Hall–Kier alpha value is 0.440. The lowest BCUT2D eigenvalue weighted by atomic mass is 9.75. The Morgan fingerprint density at radius 1 is 1.12 bits per heavy atom. The third-order valence-electron chi connectivity index (χ3n) is 4.39. The Bertz CT molecular complexity index is 227. The van der Waals surface area contributed by atoms with Gasteiger partial charge in [-0.3, -0.25) is 0 Å². The number of alkyl halides is 1. The summed E-state index contributed by atoms with van der Waals surface area (Å²) in [6, 6.07) is 0. The Morgan fingerprint density at radius 2 is 1.81 bits per heavy atom. The third kappa shape index (κ3) is 3.22. The molecule has 2 aliphatic rings. The van der Waals surface area contributed by atoms with E-state index < -0.39 is 0 Å². The fourth-order valence-electron chi connectivity index (χ4n) is 3.47. The molecule has 2 heteroatoms. The van der Waals surface area contributed by atoms with Gasteiger partial charge in [0.05, 0.1) is 0 Å². The molecule has 2 unspecified atom stereocenters. The summed E-state index contributed by atoms with van der Waals surface area (Å²) in [5.41, 5.74) is 0.432. The molecular weight excluding hydrogens is 262 g/mol. The second kappa shape index (κ2) is 5.39. The van der Waals surface area contributed by atoms with Crippen LogP contribution in [0.15, 0.2) is 0 Å². The Kier molecular flexibility index (Phi) is 4.34. The summed E-state index contributed by atoms with van der Waals surface area (Å²) in [4.78, 5) is 2.72. The van der Waals surface area contributed by atoms with Crippen LogP contribution in [-0.4, -0.2) is 29.9 Å². The first-order valence-corrected chi connectivity index (χ1v) is 8.01. The largest absolute Gasteiger partial charge is 0.302 e. The summed E-state index contributed by atoms with van der Waals surface area (Å²) in [6.45, 7) is 8.73. The van der Waals surface area contributed by atoms with Gasteiger partial charge in [-0.1, -0.05) is 49.0 Å². The van der Waals surface area contributed by atoms with Crippen molar-refractivity contribution in [1.29, 1.82) is 0 Å². The summed E-state index contributed by atoms with van der Waals surface area (Å²) < 4.78 is 0. The summed E-state index contributed by atoms with van der Waals surface area (Å²) in [6.07, 6.45) is 7.45. The Balaban J connectivity index is 1.85. The standard InChI is InChI=1S/C14H26BrN/c1-14(2,10-15)11-16-8-7-12-5-3-4-6-13(12)9-16/h12-13H,3-11H2,1-2H3. The molecule has 1 aliphatic heterocycles. The van der Waals surface area contributed by atoms with Crippen molar-refractivity contribution < 1.29 is 0 Å². The highest BCUT2D eigenvalue weighted by Gasteiger charge is 2.32. The minimum absolute atomic E-state index is 0.432. The molecule has 0 N–H and O–H groups in total. The van der Waals surface area contributed by atoms with Crippen LogP contribution in [0.2, 0.25) is 0 Å². The van der Waals surface area contributed by atoms with Gasteiger partial charge in [-0.15, -0.1) is 0 Å². The number of likely N-dealkylation sites (tertiary alicyclic amines) is 1. The van der Waals surface area contributed by atoms with Gasteiger partial charge >= 0.3 is 0 Å². The second-order valence-electron chi connectivity index (χ2n) is 6.63. The van der Waals surface area contributed by atoms with Crippen LogP contribution < -0.4 is 0 Å². The molecule has 0 radical (unpaired) electrons. The molecule has 0 amide bonds. The molecule has 1 heterocycles. The first-order valence-electron chi connectivity index (χ1n) is 6.89. The maximum absolute atomic E-state index is 3.64. The van der Waals surface area contributed by atoms with Gasteiger partial charge in [-0.05, 0) is 36.6 Å². The molecule has 16 heavy (non-hydrogen) atoms. The van der Waals surface area contributed by atoms with E-state index in [1.54, 1.807) is 0 Å². The molecule has 1 saturated carbocycles. The van der Waals surface area contributed by atoms with Gasteiger partial charge in [0.25, 0.3) is 0 Å². The van der Waals surface area contributed by atoms with Crippen LogP contribution in [0.3, 0.4) is 0 Å². The van der Waals surface area contributed by atoms with Crippen molar-refractivity contribution in [2.24, 2.45) is 17.3 Å². The van der Waals surface area contributed by atoms with E-state index in [2.05, 4.69) is 34.7 Å². The molecule has 2 fully saturated rings. The number of hydrogen-bond donors (Lipinski definition) is 0. The highest BCUT2D eigenvalue weighted by atomic mass is 79.9. The third-order valence-corrected chi connectivity index (χ3v) is 5.91. The second-order valence-corrected chi connectivity index (χ2v) is 7.19. The molecule has 0 aromatic rings. The molecule has 1 saturated heterocycles. The van der Waals surface area contributed by atoms with Crippen molar-refractivity contribution in [2.75, 3.05) is 25.0 Å². The zero-order valence-corrected chi connectivity index (χ0v) is 12.4. The van der Waals surface area contributed by atoms with Crippen molar-refractivity contribution in [2.45, 2.75) is 46.0 Å². The predicted molar refractivity (Wildman–Crippen MR) is 74.1 cm³/mol. The molecule has 0 bridgehead atoms. The van der Waals surface area contributed by atoms with Gasteiger partial charge in [-0.2, -0.15) is 0 Å². The first-order chi connectivity index (χ1) is 7.61. The van der Waals surface area contributed by atoms with E-state index in [9.17, 15) is 0 Å². The SMILES string of the molecule is CC(C)(CBr)CN1CCC2CCCCC2C1. The van der Waals surface area contributed by atoms with E-state index in [-0.39, 0.29) is 0 Å². The molecule has 0 aromatic carbocycles. The number of nitrogens with zero attached hydrogens (tertiary/aromatic N) is 1. The number of halogens is 1. The van der Waals surface area contributed by atoms with Crippen molar-refractivity contribution in [3.05, 3.63) is 0 Å². The fraction of sp³-hybridized carbons (Fsp3) is 1.00. The zero-order chi connectivity index (χ0) is 11.6. The topological polar surface area (TPSA) is 3.24 Å². The van der Waals surface area contributed by atoms with E-state index in [1.165, 1.54) is 51.7 Å². The molecule has 0 aromatic heterocycles. The van der Waals surface area contributed by atoms with Crippen LogP contribution >= 0.6 is 15.9 Å². The lowest BCUT2D eigenvalue weighted by Crippen LogP contribution is -2.45. The maximum Gasteiger partial charge on any atom is 0.00949 e. The number of hydrogen-bond acceptors (Lipinski definition) is 1. The van der Waals surface area contributed by atoms with Gasteiger partial charge in [0.15, 0.2) is 0 Å². The van der Waals surface area contributed by atoms with E-state index in [0.29, 0.717) is 5.41 Å². The Labute approximate surface area is 109 Å². The highest BCUT2D eigenvalue weighted by Crippen LogP contribution is 2.36. The quantitative estimate of drug-likeness (QED) is 0.711. The van der Waals surface area contributed by atoms with Crippen molar-refractivity contribution in [1.82, 2.24) is 4.90 Å². The average Bonchev–Trinajstić information content (AvgIpc) is 2.28. The smallest absolute Gasteiger partial charge is 0.00949 e. The van der Waals surface area contributed by atoms with E-state index in [4.69, 9.17) is 0 Å². The van der Waals surface area contributed by atoms with Gasteiger partial charge in [0.1, 0.15) is 0 Å². The minimum Gasteiger partial charge on any atom is -0.302 e.